The van der Waals surface area contributed by atoms with E-state index in [1.807, 2.05) is 0 Å². The van der Waals surface area contributed by atoms with Crippen LogP contribution in [0.15, 0.2) is 0 Å². The van der Waals surface area contributed by atoms with Crippen molar-refractivity contribution < 1.29 is 0 Å². The Labute approximate surface area is 123 Å². The lowest BCUT2D eigenvalue weighted by Crippen LogP contribution is -2.44. The van der Waals surface area contributed by atoms with E-state index in [0.29, 0.717) is 5.41 Å². The zero-order valence-corrected chi connectivity index (χ0v) is 14.4. The second-order valence-electron chi connectivity index (χ2n) is 7.13. The highest BCUT2D eigenvalue weighted by Gasteiger charge is 2.37. The van der Waals surface area contributed by atoms with Crippen molar-refractivity contribution in [2.24, 2.45) is 17.3 Å². The van der Waals surface area contributed by atoms with E-state index >= 15 is 0 Å². The summed E-state index contributed by atoms with van der Waals surface area (Å²) < 4.78 is 0. The fourth-order valence-electron chi connectivity index (χ4n) is 2.64. The van der Waals surface area contributed by atoms with Gasteiger partial charge in [-0.25, -0.2) is 0 Å². The first-order valence-electron chi connectivity index (χ1n) is 7.76. The first kappa shape index (κ1) is 16.5. The van der Waals surface area contributed by atoms with E-state index in [1.54, 1.807) is 0 Å². The minimum Gasteiger partial charge on any atom is -0.303 e. The van der Waals surface area contributed by atoms with Gasteiger partial charge < -0.3 is 4.90 Å². The molecule has 0 heterocycles. The molecule has 1 fully saturated rings. The van der Waals surface area contributed by atoms with E-state index in [2.05, 4.69) is 48.5 Å². The summed E-state index contributed by atoms with van der Waals surface area (Å²) in [6.07, 6.45) is 6.98. The second kappa shape index (κ2) is 7.89. The summed E-state index contributed by atoms with van der Waals surface area (Å²) in [5.74, 6) is 1.65. The minimum atomic E-state index is 0.605. The first-order valence-corrected chi connectivity index (χ1v) is 8.88. The predicted octanol–water partition coefficient (Wildman–Crippen LogP) is 4.95. The van der Waals surface area contributed by atoms with Gasteiger partial charge in [-0.15, -0.1) is 0 Å². The molecular formula is C16H32BrN. The summed E-state index contributed by atoms with van der Waals surface area (Å²) >= 11 is 3.75. The van der Waals surface area contributed by atoms with E-state index in [4.69, 9.17) is 0 Å². The zero-order chi connectivity index (χ0) is 13.6. The Morgan fingerprint density at radius 2 is 1.50 bits per heavy atom. The standard InChI is InChI=1S/C16H32BrN/c1-14(2)6-10-18(11-7-15(3)4)13-16(12-17)8-5-9-16/h14-15H,5-13H2,1-4H3. The number of nitrogens with zero attached hydrogens (tertiary/aromatic N) is 1. The molecular weight excluding hydrogens is 286 g/mol. The third-order valence-electron chi connectivity index (χ3n) is 4.30. The molecule has 1 rings (SSSR count). The summed E-state index contributed by atoms with van der Waals surface area (Å²) in [6, 6.07) is 0. The SMILES string of the molecule is CC(C)CCN(CCC(C)C)CC1(CBr)CCC1. The molecule has 0 N–H and O–H groups in total. The van der Waals surface area contributed by atoms with Crippen molar-refractivity contribution in [2.75, 3.05) is 25.0 Å². The highest BCUT2D eigenvalue weighted by atomic mass is 79.9. The van der Waals surface area contributed by atoms with Crippen LogP contribution in [0.1, 0.15) is 59.8 Å². The maximum absolute atomic E-state index is 3.75. The lowest BCUT2D eigenvalue weighted by Gasteiger charge is -2.44. The molecule has 0 amide bonds. The van der Waals surface area contributed by atoms with Gasteiger partial charge in [0.2, 0.25) is 0 Å². The van der Waals surface area contributed by atoms with Gasteiger partial charge in [0, 0.05) is 11.9 Å². The van der Waals surface area contributed by atoms with Crippen LogP contribution in [0.2, 0.25) is 0 Å². The molecule has 1 aliphatic rings. The van der Waals surface area contributed by atoms with E-state index in [-0.39, 0.29) is 0 Å². The zero-order valence-electron chi connectivity index (χ0n) is 12.8. The highest BCUT2D eigenvalue weighted by molar-refractivity contribution is 9.09. The molecule has 0 aromatic heterocycles. The molecule has 0 unspecified atom stereocenters. The molecule has 1 saturated carbocycles. The molecule has 0 saturated heterocycles. The van der Waals surface area contributed by atoms with Crippen LogP contribution in [0.4, 0.5) is 0 Å². The van der Waals surface area contributed by atoms with Gasteiger partial charge in [-0.2, -0.15) is 0 Å². The van der Waals surface area contributed by atoms with Crippen LogP contribution in [0.3, 0.4) is 0 Å². The van der Waals surface area contributed by atoms with Crippen LogP contribution in [-0.2, 0) is 0 Å². The van der Waals surface area contributed by atoms with Crippen LogP contribution in [0, 0.1) is 17.3 Å². The smallest absolute Gasteiger partial charge is 0.0100 e. The predicted molar refractivity (Wildman–Crippen MR) is 85.4 cm³/mol. The van der Waals surface area contributed by atoms with E-state index < -0.39 is 0 Å². The Balaban J connectivity index is 2.42. The Morgan fingerprint density at radius 3 is 1.78 bits per heavy atom. The van der Waals surface area contributed by atoms with Crippen molar-refractivity contribution in [1.82, 2.24) is 4.90 Å². The Bertz CT molecular complexity index is 204. The second-order valence-corrected chi connectivity index (χ2v) is 7.69. The van der Waals surface area contributed by atoms with Gasteiger partial charge in [0.15, 0.2) is 0 Å². The number of hydrogen-bond donors (Lipinski definition) is 0. The number of alkyl halides is 1. The van der Waals surface area contributed by atoms with Gasteiger partial charge in [0.25, 0.3) is 0 Å². The third kappa shape index (κ3) is 5.61. The number of hydrogen-bond acceptors (Lipinski definition) is 1. The van der Waals surface area contributed by atoms with Crippen molar-refractivity contribution in [2.45, 2.75) is 59.8 Å². The largest absolute Gasteiger partial charge is 0.303 e. The van der Waals surface area contributed by atoms with Gasteiger partial charge in [-0.1, -0.05) is 50.0 Å². The normalized spacial score (nSPS) is 18.7. The van der Waals surface area contributed by atoms with Crippen LogP contribution >= 0.6 is 15.9 Å². The summed E-state index contributed by atoms with van der Waals surface area (Å²) in [4.78, 5) is 2.74. The van der Waals surface area contributed by atoms with Gasteiger partial charge in [0.05, 0.1) is 0 Å². The van der Waals surface area contributed by atoms with Crippen molar-refractivity contribution in [3.63, 3.8) is 0 Å². The molecule has 18 heavy (non-hydrogen) atoms. The molecule has 0 atom stereocenters. The summed E-state index contributed by atoms with van der Waals surface area (Å²) in [6.45, 7) is 13.2. The minimum absolute atomic E-state index is 0.605. The van der Waals surface area contributed by atoms with Crippen molar-refractivity contribution in [3.8, 4) is 0 Å². The van der Waals surface area contributed by atoms with Gasteiger partial charge >= 0.3 is 0 Å². The molecule has 0 aromatic rings. The third-order valence-corrected chi connectivity index (χ3v) is 5.49. The summed E-state index contributed by atoms with van der Waals surface area (Å²) in [5.41, 5.74) is 0.605. The molecule has 0 spiro atoms. The average molecular weight is 318 g/mol. The fraction of sp³-hybridized carbons (Fsp3) is 1.00. The molecule has 0 aromatic carbocycles. The summed E-state index contributed by atoms with van der Waals surface area (Å²) in [7, 11) is 0. The highest BCUT2D eigenvalue weighted by Crippen LogP contribution is 2.43. The molecule has 2 heteroatoms. The van der Waals surface area contributed by atoms with E-state index in [1.165, 1.54) is 57.1 Å². The molecule has 0 aliphatic heterocycles. The monoisotopic (exact) mass is 317 g/mol. The maximum Gasteiger partial charge on any atom is 0.0100 e. The Kier molecular flexibility index (Phi) is 7.23. The van der Waals surface area contributed by atoms with Gasteiger partial charge in [0.1, 0.15) is 0 Å². The van der Waals surface area contributed by atoms with Crippen LogP contribution < -0.4 is 0 Å². The molecule has 1 nitrogen and oxygen atoms in total. The molecule has 0 bridgehead atoms. The van der Waals surface area contributed by atoms with E-state index in [9.17, 15) is 0 Å². The maximum atomic E-state index is 3.75. The van der Waals surface area contributed by atoms with Crippen LogP contribution in [-0.4, -0.2) is 29.9 Å². The first-order chi connectivity index (χ1) is 8.47. The molecule has 0 radical (unpaired) electrons. The van der Waals surface area contributed by atoms with Crippen molar-refractivity contribution in [3.05, 3.63) is 0 Å². The Morgan fingerprint density at radius 1 is 1.00 bits per heavy atom. The fourth-order valence-corrected chi connectivity index (χ4v) is 3.37. The lowest BCUT2D eigenvalue weighted by molar-refractivity contribution is 0.0852. The van der Waals surface area contributed by atoms with Gasteiger partial charge in [-0.3, -0.25) is 0 Å². The van der Waals surface area contributed by atoms with E-state index in [0.717, 1.165) is 11.8 Å². The summed E-state index contributed by atoms with van der Waals surface area (Å²) in [5, 5.41) is 1.19. The quantitative estimate of drug-likeness (QED) is 0.544. The topological polar surface area (TPSA) is 3.24 Å². The Hall–Kier alpha value is 0.440. The van der Waals surface area contributed by atoms with Gasteiger partial charge in [-0.05, 0) is 56.0 Å². The van der Waals surface area contributed by atoms with Crippen LogP contribution in [0.25, 0.3) is 0 Å². The van der Waals surface area contributed by atoms with Crippen LogP contribution in [0.5, 0.6) is 0 Å². The average Bonchev–Trinajstić information content (AvgIpc) is 2.25. The molecule has 108 valence electrons. The van der Waals surface area contributed by atoms with Crippen molar-refractivity contribution >= 4 is 15.9 Å². The lowest BCUT2D eigenvalue weighted by atomic mass is 9.70. The molecule has 1 aliphatic carbocycles. The number of halogens is 1. The van der Waals surface area contributed by atoms with Crippen molar-refractivity contribution in [1.29, 1.82) is 0 Å². The number of rotatable bonds is 9.